The Morgan fingerprint density at radius 2 is 2.00 bits per heavy atom. The van der Waals surface area contributed by atoms with Gasteiger partial charge in [0.05, 0.1) is 12.2 Å². The Balaban J connectivity index is 0.00000218. The number of nitrogens with zero attached hydrogens (tertiary/aromatic N) is 3. The normalized spacial score (nSPS) is 27.0. The number of pyridine rings is 1. The topological polar surface area (TPSA) is 59.0 Å². The number of hydrogen-bond acceptors (Lipinski definition) is 4. The van der Waals surface area contributed by atoms with Crippen LogP contribution in [0.2, 0.25) is 0 Å². The molecule has 3 saturated heterocycles. The van der Waals surface area contributed by atoms with Crippen molar-refractivity contribution in [2.45, 2.75) is 31.6 Å². The van der Waals surface area contributed by atoms with Gasteiger partial charge in [-0.15, -0.1) is 24.0 Å². The summed E-state index contributed by atoms with van der Waals surface area (Å²) in [4.78, 5) is 11.2. The van der Waals surface area contributed by atoms with Gasteiger partial charge < -0.3 is 19.7 Å². The van der Waals surface area contributed by atoms with Crippen LogP contribution in [0.1, 0.15) is 18.4 Å². The smallest absolute Gasteiger partial charge is 0.219 e. The molecule has 1 aromatic heterocycles. The number of rotatable bonds is 4. The van der Waals surface area contributed by atoms with E-state index in [9.17, 15) is 4.39 Å². The van der Waals surface area contributed by atoms with Gasteiger partial charge in [0, 0.05) is 56.8 Å². The fourth-order valence-electron chi connectivity index (χ4n) is 4.87. The number of nitrogens with one attached hydrogen (secondary N) is 1. The molecule has 0 spiro atoms. The summed E-state index contributed by atoms with van der Waals surface area (Å²) in [5.74, 6) is 2.76. The van der Waals surface area contributed by atoms with E-state index in [0.29, 0.717) is 42.2 Å². The Labute approximate surface area is 192 Å². The second-order valence-electron chi connectivity index (χ2n) is 7.99. The molecule has 4 heterocycles. The van der Waals surface area contributed by atoms with Crippen LogP contribution in [0.3, 0.4) is 0 Å². The lowest BCUT2D eigenvalue weighted by Gasteiger charge is -2.23. The summed E-state index contributed by atoms with van der Waals surface area (Å²) < 4.78 is 24.9. The molecule has 8 heteroatoms. The van der Waals surface area contributed by atoms with E-state index in [0.717, 1.165) is 24.6 Å². The lowest BCUT2D eigenvalue weighted by molar-refractivity contribution is 0.0767. The molecule has 0 amide bonds. The zero-order valence-corrected chi connectivity index (χ0v) is 19.2. The van der Waals surface area contributed by atoms with E-state index in [1.807, 2.05) is 13.1 Å². The minimum absolute atomic E-state index is 0. The summed E-state index contributed by atoms with van der Waals surface area (Å²) in [6, 6.07) is 9.78. The van der Waals surface area contributed by atoms with Crippen LogP contribution < -0.4 is 10.1 Å². The van der Waals surface area contributed by atoms with E-state index in [4.69, 9.17) is 9.47 Å². The molecular weight excluding hydrogens is 498 g/mol. The van der Waals surface area contributed by atoms with Crippen LogP contribution in [0.25, 0.3) is 0 Å². The van der Waals surface area contributed by atoms with Crippen molar-refractivity contribution >= 4 is 29.9 Å². The molecule has 3 fully saturated rings. The summed E-state index contributed by atoms with van der Waals surface area (Å²) in [5, 5.41) is 3.45. The van der Waals surface area contributed by atoms with Gasteiger partial charge >= 0.3 is 0 Å². The van der Waals surface area contributed by atoms with Gasteiger partial charge in [0.25, 0.3) is 0 Å². The molecule has 3 aliphatic rings. The number of fused-ring (bicyclic) bond motifs is 5. The minimum atomic E-state index is -0.333. The Morgan fingerprint density at radius 1 is 1.23 bits per heavy atom. The Morgan fingerprint density at radius 3 is 2.63 bits per heavy atom. The highest BCUT2D eigenvalue weighted by atomic mass is 127. The average molecular weight is 524 g/mol. The molecule has 1 N–H and O–H groups in total. The van der Waals surface area contributed by atoms with Crippen LogP contribution in [0.5, 0.6) is 11.6 Å². The van der Waals surface area contributed by atoms with E-state index in [1.54, 1.807) is 24.4 Å². The number of benzene rings is 1. The van der Waals surface area contributed by atoms with Crippen LogP contribution >= 0.6 is 24.0 Å². The highest BCUT2D eigenvalue weighted by Crippen LogP contribution is 2.47. The highest BCUT2D eigenvalue weighted by molar-refractivity contribution is 14.0. The molecule has 2 aromatic rings. The third-order valence-electron chi connectivity index (χ3n) is 6.23. The van der Waals surface area contributed by atoms with Gasteiger partial charge in [0.15, 0.2) is 5.96 Å². The monoisotopic (exact) mass is 524 g/mol. The molecule has 4 unspecified atom stereocenters. The fourth-order valence-corrected chi connectivity index (χ4v) is 4.87. The van der Waals surface area contributed by atoms with Gasteiger partial charge in [0.2, 0.25) is 5.88 Å². The van der Waals surface area contributed by atoms with Crippen molar-refractivity contribution in [3.8, 4) is 11.6 Å². The predicted molar refractivity (Wildman–Crippen MR) is 123 cm³/mol. The first-order valence-corrected chi connectivity index (χ1v) is 10.2. The van der Waals surface area contributed by atoms with Crippen LogP contribution in [-0.4, -0.2) is 48.2 Å². The van der Waals surface area contributed by atoms with Gasteiger partial charge in [-0.1, -0.05) is 12.1 Å². The lowest BCUT2D eigenvalue weighted by Crippen LogP contribution is -2.41. The first-order chi connectivity index (χ1) is 14.2. The van der Waals surface area contributed by atoms with Gasteiger partial charge in [-0.25, -0.2) is 9.37 Å². The molecule has 3 aliphatic heterocycles. The van der Waals surface area contributed by atoms with Crippen molar-refractivity contribution in [1.29, 1.82) is 0 Å². The van der Waals surface area contributed by atoms with E-state index in [-0.39, 0.29) is 29.8 Å². The van der Waals surface area contributed by atoms with Crippen molar-refractivity contribution in [3.05, 3.63) is 54.0 Å². The standard InChI is InChI=1S/C22H25FN4O2.HI/c1-24-22(27-12-17-18(13-27)20-7-6-19(17)29-20)26-11-14-5-8-21(25-10-14)28-16-4-2-3-15(23)9-16;/h2-5,8-10,17-20H,6-7,11-13H2,1H3,(H,24,26);1H. The predicted octanol–water partition coefficient (Wildman–Crippen LogP) is 3.82. The van der Waals surface area contributed by atoms with Crippen LogP contribution in [0, 0.1) is 17.7 Å². The minimum Gasteiger partial charge on any atom is -0.439 e. The van der Waals surface area contributed by atoms with Gasteiger partial charge in [0.1, 0.15) is 11.6 Å². The number of halogens is 2. The summed E-state index contributed by atoms with van der Waals surface area (Å²) >= 11 is 0. The van der Waals surface area contributed by atoms with Crippen molar-refractivity contribution in [2.24, 2.45) is 16.8 Å². The van der Waals surface area contributed by atoms with Crippen molar-refractivity contribution in [2.75, 3.05) is 20.1 Å². The van der Waals surface area contributed by atoms with Gasteiger partial charge in [-0.2, -0.15) is 0 Å². The molecule has 160 valence electrons. The molecule has 4 atom stereocenters. The molecule has 0 saturated carbocycles. The molecule has 1 aromatic carbocycles. The maximum Gasteiger partial charge on any atom is 0.219 e. The third-order valence-corrected chi connectivity index (χ3v) is 6.23. The summed E-state index contributed by atoms with van der Waals surface area (Å²) in [6.45, 7) is 2.67. The van der Waals surface area contributed by atoms with Crippen molar-refractivity contribution in [1.82, 2.24) is 15.2 Å². The zero-order chi connectivity index (χ0) is 19.8. The molecule has 5 rings (SSSR count). The molecule has 30 heavy (non-hydrogen) atoms. The Bertz CT molecular complexity index is 892. The fraction of sp³-hybridized carbons (Fsp3) is 0.455. The lowest BCUT2D eigenvalue weighted by atomic mass is 9.82. The number of hydrogen-bond donors (Lipinski definition) is 1. The van der Waals surface area contributed by atoms with E-state index < -0.39 is 0 Å². The second-order valence-corrected chi connectivity index (χ2v) is 7.99. The van der Waals surface area contributed by atoms with Crippen molar-refractivity contribution < 1.29 is 13.9 Å². The summed E-state index contributed by atoms with van der Waals surface area (Å²) in [5.41, 5.74) is 1.03. The van der Waals surface area contributed by atoms with E-state index in [2.05, 4.69) is 20.2 Å². The number of aromatic nitrogens is 1. The summed E-state index contributed by atoms with van der Waals surface area (Å²) in [7, 11) is 1.83. The molecule has 2 bridgehead atoms. The Hall–Kier alpha value is -1.94. The molecule has 0 aliphatic carbocycles. The van der Waals surface area contributed by atoms with Gasteiger partial charge in [-0.3, -0.25) is 4.99 Å². The SMILES string of the molecule is CN=C(NCc1ccc(Oc2cccc(F)c2)nc1)N1CC2C3CCC(O3)C2C1.I. The second kappa shape index (κ2) is 9.05. The Kier molecular flexibility index (Phi) is 6.43. The first-order valence-electron chi connectivity index (χ1n) is 10.2. The number of likely N-dealkylation sites (tertiary alicyclic amines) is 1. The molecule has 6 nitrogen and oxygen atoms in total. The maximum atomic E-state index is 13.3. The number of guanidine groups is 1. The largest absolute Gasteiger partial charge is 0.439 e. The number of aliphatic imine (C=N–C) groups is 1. The van der Waals surface area contributed by atoms with Gasteiger partial charge in [-0.05, 0) is 30.5 Å². The quantitative estimate of drug-likeness (QED) is 0.375. The zero-order valence-electron chi connectivity index (χ0n) is 16.8. The van der Waals surface area contributed by atoms with E-state index in [1.165, 1.54) is 25.0 Å². The third kappa shape index (κ3) is 4.25. The first kappa shape index (κ1) is 21.3. The highest BCUT2D eigenvalue weighted by Gasteiger charge is 2.53. The maximum absolute atomic E-state index is 13.3. The summed E-state index contributed by atoms with van der Waals surface area (Å²) in [6.07, 6.45) is 5.08. The van der Waals surface area contributed by atoms with Crippen LogP contribution in [-0.2, 0) is 11.3 Å². The van der Waals surface area contributed by atoms with Crippen LogP contribution in [0.4, 0.5) is 4.39 Å². The van der Waals surface area contributed by atoms with Crippen LogP contribution in [0.15, 0.2) is 47.6 Å². The molecular formula is C22H26FIN4O2. The molecule has 0 radical (unpaired) electrons. The average Bonchev–Trinajstić information content (AvgIpc) is 3.43. The van der Waals surface area contributed by atoms with Crippen molar-refractivity contribution in [3.63, 3.8) is 0 Å². The number of ether oxygens (including phenoxy) is 2. The van der Waals surface area contributed by atoms with E-state index >= 15 is 0 Å².